The molecule has 1 N–H and O–H groups in total. The van der Waals surface area contributed by atoms with Gasteiger partial charge in [0.05, 0.1) is 0 Å². The largest absolute Gasteiger partial charge is 0.316 e. The summed E-state index contributed by atoms with van der Waals surface area (Å²) in [5, 5.41) is 3.23. The molecule has 0 heterocycles. The highest BCUT2D eigenvalue weighted by molar-refractivity contribution is 7.80. The summed E-state index contributed by atoms with van der Waals surface area (Å²) in [4.78, 5) is 0. The SMILES string of the molecule is CCCCNCC[S]. The summed E-state index contributed by atoms with van der Waals surface area (Å²) in [7, 11) is 0. The molecule has 0 aliphatic carbocycles. The first-order valence-electron chi connectivity index (χ1n) is 3.20. The molecule has 0 amide bonds. The van der Waals surface area contributed by atoms with Gasteiger partial charge in [0.15, 0.2) is 0 Å². The van der Waals surface area contributed by atoms with Crippen LogP contribution in [0.1, 0.15) is 19.8 Å². The van der Waals surface area contributed by atoms with Crippen molar-refractivity contribution in [2.45, 2.75) is 19.8 Å². The Morgan fingerprint density at radius 1 is 1.38 bits per heavy atom. The fourth-order valence-electron chi connectivity index (χ4n) is 0.499. The molecule has 0 saturated carbocycles. The quantitative estimate of drug-likeness (QED) is 0.560. The van der Waals surface area contributed by atoms with Crippen LogP contribution in [0.25, 0.3) is 0 Å². The highest BCUT2D eigenvalue weighted by Gasteiger charge is 1.81. The van der Waals surface area contributed by atoms with Crippen molar-refractivity contribution in [3.63, 3.8) is 0 Å². The van der Waals surface area contributed by atoms with Crippen LogP contribution in [0.2, 0.25) is 0 Å². The van der Waals surface area contributed by atoms with Crippen LogP contribution in [0.15, 0.2) is 0 Å². The lowest BCUT2D eigenvalue weighted by Gasteiger charge is -1.97. The van der Waals surface area contributed by atoms with Gasteiger partial charge in [-0.2, -0.15) is 0 Å². The van der Waals surface area contributed by atoms with Gasteiger partial charge in [-0.1, -0.05) is 26.0 Å². The van der Waals surface area contributed by atoms with Crippen molar-refractivity contribution < 1.29 is 0 Å². The minimum absolute atomic E-state index is 0.837. The topological polar surface area (TPSA) is 12.0 Å². The van der Waals surface area contributed by atoms with E-state index in [1.165, 1.54) is 12.8 Å². The summed E-state index contributed by atoms with van der Waals surface area (Å²) >= 11 is 4.74. The lowest BCUT2D eigenvalue weighted by molar-refractivity contribution is 0.667. The molecule has 0 aromatic heterocycles. The Morgan fingerprint density at radius 3 is 2.62 bits per heavy atom. The van der Waals surface area contributed by atoms with Gasteiger partial charge in [0, 0.05) is 12.3 Å². The first-order chi connectivity index (χ1) is 3.91. The minimum Gasteiger partial charge on any atom is -0.316 e. The fraction of sp³-hybridized carbons (Fsp3) is 1.00. The second-order valence-electron chi connectivity index (χ2n) is 1.81. The average Bonchev–Trinajstić information content (AvgIpc) is 1.81. The van der Waals surface area contributed by atoms with Crippen molar-refractivity contribution in [3.05, 3.63) is 0 Å². The van der Waals surface area contributed by atoms with Gasteiger partial charge in [0.25, 0.3) is 0 Å². The van der Waals surface area contributed by atoms with Crippen molar-refractivity contribution in [3.8, 4) is 0 Å². The van der Waals surface area contributed by atoms with Crippen LogP contribution in [0.5, 0.6) is 0 Å². The zero-order valence-electron chi connectivity index (χ0n) is 5.44. The summed E-state index contributed by atoms with van der Waals surface area (Å²) in [6.45, 7) is 4.32. The highest BCUT2D eigenvalue weighted by Crippen LogP contribution is 1.81. The van der Waals surface area contributed by atoms with Crippen molar-refractivity contribution in [2.24, 2.45) is 0 Å². The van der Waals surface area contributed by atoms with Gasteiger partial charge in [-0.05, 0) is 13.0 Å². The minimum atomic E-state index is 0.837. The summed E-state index contributed by atoms with van der Waals surface area (Å²) in [6, 6.07) is 0. The smallest absolute Gasteiger partial charge is 0.0162 e. The Kier molecular flexibility index (Phi) is 7.59. The van der Waals surface area contributed by atoms with Crippen LogP contribution < -0.4 is 5.32 Å². The molecule has 8 heavy (non-hydrogen) atoms. The number of nitrogens with one attached hydrogen (secondary N) is 1. The molecule has 0 rings (SSSR count). The van der Waals surface area contributed by atoms with E-state index in [0.29, 0.717) is 0 Å². The molecule has 1 nitrogen and oxygen atoms in total. The molecule has 2 heteroatoms. The lowest BCUT2D eigenvalue weighted by Crippen LogP contribution is -2.17. The van der Waals surface area contributed by atoms with Crippen molar-refractivity contribution >= 4 is 12.6 Å². The molecule has 49 valence electrons. The monoisotopic (exact) mass is 132 g/mol. The van der Waals surface area contributed by atoms with Crippen LogP contribution in [-0.4, -0.2) is 18.8 Å². The van der Waals surface area contributed by atoms with Crippen LogP contribution in [0.4, 0.5) is 0 Å². The van der Waals surface area contributed by atoms with Gasteiger partial charge in [-0.25, -0.2) is 0 Å². The maximum absolute atomic E-state index is 4.74. The summed E-state index contributed by atoms with van der Waals surface area (Å²) in [6.07, 6.45) is 2.54. The maximum Gasteiger partial charge on any atom is 0.0162 e. The first kappa shape index (κ1) is 8.31. The molecular formula is C6H14NS. The molecule has 0 aromatic carbocycles. The van der Waals surface area contributed by atoms with E-state index in [-0.39, 0.29) is 0 Å². The van der Waals surface area contributed by atoms with E-state index in [0.717, 1.165) is 18.8 Å². The molecule has 0 unspecified atom stereocenters. The van der Waals surface area contributed by atoms with E-state index in [4.69, 9.17) is 12.6 Å². The van der Waals surface area contributed by atoms with E-state index < -0.39 is 0 Å². The van der Waals surface area contributed by atoms with E-state index >= 15 is 0 Å². The van der Waals surface area contributed by atoms with E-state index in [1.54, 1.807) is 0 Å². The number of hydrogen-bond donors (Lipinski definition) is 1. The Hall–Kier alpha value is 0.310. The van der Waals surface area contributed by atoms with Crippen molar-refractivity contribution in [2.75, 3.05) is 18.8 Å². The predicted octanol–water partition coefficient (Wildman–Crippen LogP) is 1.57. The summed E-state index contributed by atoms with van der Waals surface area (Å²) in [5.41, 5.74) is 0. The van der Waals surface area contributed by atoms with Crippen LogP contribution in [-0.2, 0) is 0 Å². The van der Waals surface area contributed by atoms with E-state index in [2.05, 4.69) is 12.2 Å². The van der Waals surface area contributed by atoms with Gasteiger partial charge in [0.2, 0.25) is 0 Å². The zero-order chi connectivity index (χ0) is 6.24. The second-order valence-corrected chi connectivity index (χ2v) is 2.22. The van der Waals surface area contributed by atoms with Gasteiger partial charge in [-0.15, -0.1) is 0 Å². The van der Waals surface area contributed by atoms with Crippen LogP contribution in [0.3, 0.4) is 0 Å². The first-order valence-corrected chi connectivity index (χ1v) is 3.78. The molecule has 0 spiro atoms. The molecular weight excluding hydrogens is 118 g/mol. The van der Waals surface area contributed by atoms with Crippen molar-refractivity contribution in [1.82, 2.24) is 5.32 Å². The fourth-order valence-corrected chi connectivity index (χ4v) is 0.643. The molecule has 0 bridgehead atoms. The predicted molar refractivity (Wildman–Crippen MR) is 40.2 cm³/mol. The van der Waals surface area contributed by atoms with E-state index in [1.807, 2.05) is 0 Å². The Labute approximate surface area is 57.3 Å². The molecule has 0 saturated heterocycles. The Bertz CT molecular complexity index is 33.5. The van der Waals surface area contributed by atoms with E-state index in [9.17, 15) is 0 Å². The van der Waals surface area contributed by atoms with Gasteiger partial charge < -0.3 is 5.32 Å². The normalized spacial score (nSPS) is 9.75. The van der Waals surface area contributed by atoms with Crippen LogP contribution >= 0.6 is 12.6 Å². The maximum atomic E-state index is 4.74. The molecule has 0 fully saturated rings. The molecule has 0 aliphatic rings. The standard InChI is InChI=1S/C6H14NS/c1-2-3-4-7-5-6-8/h7H,2-6H2,1H3. The summed E-state index contributed by atoms with van der Waals surface area (Å²) in [5.74, 6) is 0.837. The van der Waals surface area contributed by atoms with Gasteiger partial charge >= 0.3 is 0 Å². The van der Waals surface area contributed by atoms with Gasteiger partial charge in [0.1, 0.15) is 0 Å². The number of rotatable bonds is 5. The highest BCUT2D eigenvalue weighted by atomic mass is 32.1. The van der Waals surface area contributed by atoms with Gasteiger partial charge in [-0.3, -0.25) is 0 Å². The molecule has 0 atom stereocenters. The van der Waals surface area contributed by atoms with Crippen molar-refractivity contribution in [1.29, 1.82) is 0 Å². The average molecular weight is 132 g/mol. The molecule has 0 aliphatic heterocycles. The third kappa shape index (κ3) is 6.31. The van der Waals surface area contributed by atoms with Crippen LogP contribution in [0, 0.1) is 0 Å². The second kappa shape index (κ2) is 7.31. The Morgan fingerprint density at radius 2 is 2.12 bits per heavy atom. The zero-order valence-corrected chi connectivity index (χ0v) is 6.26. The Balaban J connectivity index is 2.53. The molecule has 0 aromatic rings. The number of unbranched alkanes of at least 4 members (excludes halogenated alkanes) is 1. The molecule has 1 radical (unpaired) electrons. The third-order valence-electron chi connectivity index (χ3n) is 0.986. The lowest BCUT2D eigenvalue weighted by atomic mass is 10.3. The summed E-state index contributed by atoms with van der Waals surface area (Å²) < 4.78 is 0. The third-order valence-corrected chi connectivity index (χ3v) is 1.19. The number of hydrogen-bond acceptors (Lipinski definition) is 1.